The number of aliphatic hydroxyl groups excluding tert-OH is 1. The summed E-state index contributed by atoms with van der Waals surface area (Å²) in [4.78, 5) is 0. The van der Waals surface area contributed by atoms with Crippen molar-refractivity contribution in [2.24, 2.45) is 5.73 Å². The number of anilines is 1. The van der Waals surface area contributed by atoms with Gasteiger partial charge in [-0.05, 0) is 30.2 Å². The molecule has 1 rings (SSSR count). The molecule has 72 valence electrons. The van der Waals surface area contributed by atoms with Crippen LogP contribution in [0.15, 0.2) is 12.1 Å². The SMILES string of the molecule is Cc1cc(N)c(F)cc1[C@@H](N)CO. The number of aliphatic hydroxyl groups is 1. The van der Waals surface area contributed by atoms with Crippen LogP contribution in [0.1, 0.15) is 17.2 Å². The zero-order valence-corrected chi connectivity index (χ0v) is 7.42. The summed E-state index contributed by atoms with van der Waals surface area (Å²) in [6.45, 7) is 1.57. The van der Waals surface area contributed by atoms with Crippen molar-refractivity contribution in [1.82, 2.24) is 0 Å². The first-order valence-corrected chi connectivity index (χ1v) is 3.98. The van der Waals surface area contributed by atoms with Gasteiger partial charge in [-0.25, -0.2) is 4.39 Å². The molecule has 0 saturated carbocycles. The minimum Gasteiger partial charge on any atom is -0.396 e. The zero-order valence-electron chi connectivity index (χ0n) is 7.42. The molecule has 13 heavy (non-hydrogen) atoms. The molecule has 3 nitrogen and oxygen atoms in total. The Bertz CT molecular complexity index is 315. The summed E-state index contributed by atoms with van der Waals surface area (Å²) in [5.41, 5.74) is 12.4. The number of nitrogen functional groups attached to an aromatic ring is 1. The molecule has 0 spiro atoms. The van der Waals surface area contributed by atoms with Gasteiger partial charge in [0.05, 0.1) is 18.3 Å². The van der Waals surface area contributed by atoms with E-state index in [0.29, 0.717) is 5.56 Å². The maximum atomic E-state index is 13.0. The van der Waals surface area contributed by atoms with E-state index in [2.05, 4.69) is 0 Å². The topological polar surface area (TPSA) is 72.3 Å². The van der Waals surface area contributed by atoms with Gasteiger partial charge >= 0.3 is 0 Å². The lowest BCUT2D eigenvalue weighted by Crippen LogP contribution is -2.16. The third-order valence-electron chi connectivity index (χ3n) is 1.98. The van der Waals surface area contributed by atoms with E-state index in [9.17, 15) is 4.39 Å². The van der Waals surface area contributed by atoms with Crippen LogP contribution in [0.3, 0.4) is 0 Å². The smallest absolute Gasteiger partial charge is 0.146 e. The number of benzene rings is 1. The fourth-order valence-electron chi connectivity index (χ4n) is 1.22. The summed E-state index contributed by atoms with van der Waals surface area (Å²) >= 11 is 0. The van der Waals surface area contributed by atoms with Crippen LogP contribution in [0.25, 0.3) is 0 Å². The molecule has 0 aliphatic heterocycles. The van der Waals surface area contributed by atoms with Crippen LogP contribution < -0.4 is 11.5 Å². The quantitative estimate of drug-likeness (QED) is 0.593. The van der Waals surface area contributed by atoms with Gasteiger partial charge in [0.2, 0.25) is 0 Å². The molecule has 0 bridgehead atoms. The number of rotatable bonds is 2. The Morgan fingerprint density at radius 1 is 1.54 bits per heavy atom. The van der Waals surface area contributed by atoms with Crippen molar-refractivity contribution < 1.29 is 9.50 Å². The van der Waals surface area contributed by atoms with Crippen molar-refractivity contribution in [1.29, 1.82) is 0 Å². The maximum absolute atomic E-state index is 13.0. The zero-order chi connectivity index (χ0) is 10.0. The third kappa shape index (κ3) is 1.96. The molecular weight excluding hydrogens is 171 g/mol. The van der Waals surface area contributed by atoms with E-state index in [1.54, 1.807) is 6.92 Å². The Morgan fingerprint density at radius 2 is 2.15 bits per heavy atom. The van der Waals surface area contributed by atoms with E-state index in [1.165, 1.54) is 12.1 Å². The number of hydrogen-bond acceptors (Lipinski definition) is 3. The van der Waals surface area contributed by atoms with Crippen LogP contribution in [-0.2, 0) is 0 Å². The van der Waals surface area contributed by atoms with E-state index in [-0.39, 0.29) is 12.3 Å². The standard InChI is InChI=1S/C9H13FN2O/c1-5-2-8(11)7(10)3-6(5)9(12)4-13/h2-3,9,13H,4,11-12H2,1H3/t9-/m0/s1. The van der Waals surface area contributed by atoms with E-state index in [1.807, 2.05) is 0 Å². The van der Waals surface area contributed by atoms with Crippen molar-refractivity contribution >= 4 is 5.69 Å². The van der Waals surface area contributed by atoms with Gasteiger partial charge in [0, 0.05) is 0 Å². The average Bonchev–Trinajstić information content (AvgIpc) is 2.10. The van der Waals surface area contributed by atoms with Gasteiger partial charge in [-0.15, -0.1) is 0 Å². The van der Waals surface area contributed by atoms with Gasteiger partial charge in [-0.3, -0.25) is 0 Å². The number of hydrogen-bond donors (Lipinski definition) is 3. The first-order valence-electron chi connectivity index (χ1n) is 3.98. The summed E-state index contributed by atoms with van der Waals surface area (Å²) < 4.78 is 13.0. The second kappa shape index (κ2) is 3.72. The Kier molecular flexibility index (Phi) is 2.85. The van der Waals surface area contributed by atoms with Crippen LogP contribution >= 0.6 is 0 Å². The van der Waals surface area contributed by atoms with Gasteiger partial charge in [-0.2, -0.15) is 0 Å². The van der Waals surface area contributed by atoms with E-state index in [0.717, 1.165) is 5.56 Å². The lowest BCUT2D eigenvalue weighted by molar-refractivity contribution is 0.267. The van der Waals surface area contributed by atoms with Crippen LogP contribution in [0.5, 0.6) is 0 Å². The normalized spacial score (nSPS) is 12.9. The summed E-state index contributed by atoms with van der Waals surface area (Å²) in [5.74, 6) is -0.496. The maximum Gasteiger partial charge on any atom is 0.146 e. The van der Waals surface area contributed by atoms with Crippen LogP contribution in [0, 0.1) is 12.7 Å². The van der Waals surface area contributed by atoms with Crippen molar-refractivity contribution in [3.05, 3.63) is 29.1 Å². The molecule has 0 fully saturated rings. The first kappa shape index (κ1) is 9.95. The summed E-state index contributed by atoms with van der Waals surface area (Å²) in [6.07, 6.45) is 0. The highest BCUT2D eigenvalue weighted by Crippen LogP contribution is 2.21. The van der Waals surface area contributed by atoms with Gasteiger partial charge in [-0.1, -0.05) is 0 Å². The minimum absolute atomic E-state index is 0.103. The van der Waals surface area contributed by atoms with Crippen LogP contribution in [0.2, 0.25) is 0 Å². The summed E-state index contributed by atoms with van der Waals surface area (Å²) in [7, 11) is 0. The van der Waals surface area contributed by atoms with E-state index >= 15 is 0 Å². The van der Waals surface area contributed by atoms with Crippen molar-refractivity contribution in [2.45, 2.75) is 13.0 Å². The Morgan fingerprint density at radius 3 is 2.69 bits per heavy atom. The van der Waals surface area contributed by atoms with Crippen LogP contribution in [0.4, 0.5) is 10.1 Å². The molecule has 0 aliphatic carbocycles. The summed E-state index contributed by atoms with van der Waals surface area (Å²) in [5, 5.41) is 8.79. The van der Waals surface area contributed by atoms with Crippen LogP contribution in [-0.4, -0.2) is 11.7 Å². The fourth-order valence-corrected chi connectivity index (χ4v) is 1.22. The predicted octanol–water partition coefficient (Wildman–Crippen LogP) is 0.708. The predicted molar refractivity (Wildman–Crippen MR) is 49.6 cm³/mol. The van der Waals surface area contributed by atoms with Crippen molar-refractivity contribution in [3.8, 4) is 0 Å². The summed E-state index contributed by atoms with van der Waals surface area (Å²) in [6, 6.07) is 2.24. The average molecular weight is 184 g/mol. The van der Waals surface area contributed by atoms with Gasteiger partial charge in [0.1, 0.15) is 5.82 Å². The molecule has 4 heteroatoms. The number of nitrogens with two attached hydrogens (primary N) is 2. The fraction of sp³-hybridized carbons (Fsp3) is 0.333. The molecule has 1 atom stereocenters. The lowest BCUT2D eigenvalue weighted by atomic mass is 10.0. The van der Waals surface area contributed by atoms with E-state index in [4.69, 9.17) is 16.6 Å². The number of aryl methyl sites for hydroxylation is 1. The van der Waals surface area contributed by atoms with Crippen molar-refractivity contribution in [3.63, 3.8) is 0 Å². The highest BCUT2D eigenvalue weighted by atomic mass is 19.1. The molecule has 0 aliphatic rings. The highest BCUT2D eigenvalue weighted by molar-refractivity contribution is 5.46. The third-order valence-corrected chi connectivity index (χ3v) is 1.98. The van der Waals surface area contributed by atoms with Gasteiger partial charge < -0.3 is 16.6 Å². The Labute approximate surface area is 76.2 Å². The second-order valence-electron chi connectivity index (χ2n) is 3.02. The number of halogens is 1. The monoisotopic (exact) mass is 184 g/mol. The molecule has 0 amide bonds. The Hall–Kier alpha value is -1.13. The van der Waals surface area contributed by atoms with Crippen molar-refractivity contribution in [2.75, 3.05) is 12.3 Å². The second-order valence-corrected chi connectivity index (χ2v) is 3.02. The Balaban J connectivity index is 3.15. The van der Waals surface area contributed by atoms with Gasteiger partial charge in [0.25, 0.3) is 0 Å². The molecular formula is C9H13FN2O. The van der Waals surface area contributed by atoms with E-state index < -0.39 is 11.9 Å². The molecule has 0 radical (unpaired) electrons. The molecule has 5 N–H and O–H groups in total. The first-order chi connectivity index (χ1) is 6.06. The van der Waals surface area contributed by atoms with Gasteiger partial charge in [0.15, 0.2) is 0 Å². The molecule has 0 aromatic heterocycles. The highest BCUT2D eigenvalue weighted by Gasteiger charge is 2.10. The molecule has 1 aromatic rings. The molecule has 0 heterocycles. The molecule has 0 saturated heterocycles. The minimum atomic E-state index is -0.546. The largest absolute Gasteiger partial charge is 0.396 e. The molecule has 1 aromatic carbocycles. The lowest BCUT2D eigenvalue weighted by Gasteiger charge is -2.12. The molecule has 0 unspecified atom stereocenters.